The average molecular weight is 408 g/mol. The number of likely N-dealkylation sites (tertiary alicyclic amines) is 1. The number of esters is 1. The molecule has 4 rings (SSSR count). The molecule has 2 aromatic carbocycles. The molecule has 5 nitrogen and oxygen atoms in total. The van der Waals surface area contributed by atoms with Crippen molar-refractivity contribution in [3.63, 3.8) is 0 Å². The number of amides is 1. The van der Waals surface area contributed by atoms with Crippen LogP contribution in [0.5, 0.6) is 11.5 Å². The highest BCUT2D eigenvalue weighted by Gasteiger charge is 2.50. The molecule has 0 radical (unpaired) electrons. The van der Waals surface area contributed by atoms with Gasteiger partial charge in [-0.1, -0.05) is 39.0 Å². The molecule has 2 atom stereocenters. The monoisotopic (exact) mass is 407 g/mol. The summed E-state index contributed by atoms with van der Waals surface area (Å²) in [7, 11) is 0. The fourth-order valence-corrected chi connectivity index (χ4v) is 5.33. The molecule has 1 saturated heterocycles. The average Bonchev–Trinajstić information content (AvgIpc) is 2.96. The summed E-state index contributed by atoms with van der Waals surface area (Å²) in [4.78, 5) is 27.1. The molecule has 1 aliphatic carbocycles. The maximum absolute atomic E-state index is 12.8. The first kappa shape index (κ1) is 20.5. The van der Waals surface area contributed by atoms with E-state index in [-0.39, 0.29) is 29.4 Å². The van der Waals surface area contributed by atoms with Gasteiger partial charge in [-0.3, -0.25) is 4.79 Å². The van der Waals surface area contributed by atoms with Gasteiger partial charge in [0.2, 0.25) is 0 Å². The predicted molar refractivity (Wildman–Crippen MR) is 114 cm³/mol. The third kappa shape index (κ3) is 4.50. The number of benzene rings is 2. The van der Waals surface area contributed by atoms with Crippen LogP contribution >= 0.6 is 0 Å². The van der Waals surface area contributed by atoms with Crippen molar-refractivity contribution in [3.05, 3.63) is 60.2 Å². The van der Waals surface area contributed by atoms with Crippen LogP contribution in [0.2, 0.25) is 0 Å². The fourth-order valence-electron chi connectivity index (χ4n) is 5.33. The van der Waals surface area contributed by atoms with E-state index in [9.17, 15) is 9.59 Å². The van der Waals surface area contributed by atoms with Crippen LogP contribution in [0.15, 0.2) is 54.6 Å². The van der Waals surface area contributed by atoms with Crippen molar-refractivity contribution in [1.29, 1.82) is 0 Å². The lowest BCUT2D eigenvalue weighted by molar-refractivity contribution is -0.135. The predicted octanol–water partition coefficient (Wildman–Crippen LogP) is 5.06. The molecule has 5 heteroatoms. The van der Waals surface area contributed by atoms with E-state index in [1.54, 1.807) is 24.3 Å². The molecular formula is C25H29NO4. The molecular weight excluding hydrogens is 378 g/mol. The molecule has 2 bridgehead atoms. The van der Waals surface area contributed by atoms with E-state index < -0.39 is 5.97 Å². The van der Waals surface area contributed by atoms with Gasteiger partial charge in [-0.25, -0.2) is 4.79 Å². The Morgan fingerprint density at radius 2 is 1.63 bits per heavy atom. The van der Waals surface area contributed by atoms with Crippen LogP contribution in [0.25, 0.3) is 0 Å². The van der Waals surface area contributed by atoms with Gasteiger partial charge >= 0.3 is 5.97 Å². The zero-order chi connectivity index (χ0) is 21.4. The molecule has 0 N–H and O–H groups in total. The van der Waals surface area contributed by atoms with Crippen molar-refractivity contribution in [2.75, 3.05) is 13.2 Å². The first-order valence-corrected chi connectivity index (χ1v) is 10.5. The molecule has 30 heavy (non-hydrogen) atoms. The molecule has 1 aliphatic heterocycles. The highest BCUT2D eigenvalue weighted by molar-refractivity contribution is 5.91. The van der Waals surface area contributed by atoms with Crippen molar-refractivity contribution < 1.29 is 19.1 Å². The van der Waals surface area contributed by atoms with Crippen LogP contribution in [-0.2, 0) is 9.53 Å². The highest BCUT2D eigenvalue weighted by atomic mass is 16.5. The van der Waals surface area contributed by atoms with Gasteiger partial charge in [-0.05, 0) is 66.5 Å². The van der Waals surface area contributed by atoms with Crippen LogP contribution in [0.1, 0.15) is 50.4 Å². The second kappa shape index (κ2) is 7.78. The number of rotatable bonds is 5. The van der Waals surface area contributed by atoms with E-state index in [1.165, 1.54) is 0 Å². The van der Waals surface area contributed by atoms with Crippen LogP contribution < -0.4 is 4.74 Å². The number of hydrogen-bond acceptors (Lipinski definition) is 4. The smallest absolute Gasteiger partial charge is 0.338 e. The number of fused-ring (bicyclic) bond motifs is 2. The quantitative estimate of drug-likeness (QED) is 0.650. The van der Waals surface area contributed by atoms with Gasteiger partial charge in [0.25, 0.3) is 5.91 Å². The normalized spacial score (nSPS) is 24.4. The summed E-state index contributed by atoms with van der Waals surface area (Å²) in [5.41, 5.74) is 0.810. The standard InChI is InChI=1S/C25H29NO4/c1-24(2)13-19-14-25(3,16-24)17-26(19)22(27)15-29-23(28)18-9-11-21(12-10-18)30-20-7-5-4-6-8-20/h4-12,19H,13-17H2,1-3H3/t19-,25-/m1/s1. The largest absolute Gasteiger partial charge is 0.457 e. The van der Waals surface area contributed by atoms with Gasteiger partial charge in [0.05, 0.1) is 5.56 Å². The second-order valence-electron chi connectivity index (χ2n) is 9.75. The Balaban J connectivity index is 1.32. The van der Waals surface area contributed by atoms with Crippen molar-refractivity contribution in [3.8, 4) is 11.5 Å². The summed E-state index contributed by atoms with van der Waals surface area (Å²) in [6.45, 7) is 7.35. The second-order valence-corrected chi connectivity index (χ2v) is 9.75. The lowest BCUT2D eigenvalue weighted by atomic mass is 9.65. The van der Waals surface area contributed by atoms with Gasteiger partial charge in [-0.2, -0.15) is 0 Å². The molecule has 0 aromatic heterocycles. The number of para-hydroxylation sites is 1. The Labute approximate surface area is 178 Å². The Hall–Kier alpha value is -2.82. The number of carbonyl (C=O) groups excluding carboxylic acids is 2. The maximum Gasteiger partial charge on any atom is 0.338 e. The third-order valence-electron chi connectivity index (χ3n) is 6.13. The van der Waals surface area contributed by atoms with Crippen molar-refractivity contribution in [1.82, 2.24) is 4.90 Å². The molecule has 0 unspecified atom stereocenters. The number of carbonyl (C=O) groups is 2. The van der Waals surface area contributed by atoms with Crippen LogP contribution in [0.3, 0.4) is 0 Å². The fraction of sp³-hybridized carbons (Fsp3) is 0.440. The Kier molecular flexibility index (Phi) is 5.31. The third-order valence-corrected chi connectivity index (χ3v) is 6.13. The summed E-state index contributed by atoms with van der Waals surface area (Å²) in [6.07, 6.45) is 3.17. The van der Waals surface area contributed by atoms with Crippen molar-refractivity contribution >= 4 is 11.9 Å². The molecule has 2 aliphatic rings. The van der Waals surface area contributed by atoms with E-state index in [2.05, 4.69) is 20.8 Å². The van der Waals surface area contributed by atoms with Gasteiger partial charge in [0.1, 0.15) is 11.5 Å². The van der Waals surface area contributed by atoms with Crippen LogP contribution in [0, 0.1) is 10.8 Å². The molecule has 1 amide bonds. The summed E-state index contributed by atoms with van der Waals surface area (Å²) in [6, 6.07) is 16.4. The summed E-state index contributed by atoms with van der Waals surface area (Å²) in [5.74, 6) is 0.766. The zero-order valence-corrected chi connectivity index (χ0v) is 17.9. The van der Waals surface area contributed by atoms with Crippen molar-refractivity contribution in [2.24, 2.45) is 10.8 Å². The Morgan fingerprint density at radius 3 is 2.33 bits per heavy atom. The molecule has 2 fully saturated rings. The zero-order valence-electron chi connectivity index (χ0n) is 17.9. The Bertz CT molecular complexity index is 922. The van der Waals surface area contributed by atoms with E-state index >= 15 is 0 Å². The minimum atomic E-state index is -0.497. The Morgan fingerprint density at radius 1 is 0.967 bits per heavy atom. The van der Waals surface area contributed by atoms with Gasteiger partial charge in [0, 0.05) is 12.6 Å². The number of ether oxygens (including phenoxy) is 2. The lowest BCUT2D eigenvalue weighted by Crippen LogP contribution is -2.39. The summed E-state index contributed by atoms with van der Waals surface area (Å²) in [5, 5.41) is 0. The SMILES string of the molecule is CC1(C)C[C@@H]2C[C@@](C)(CN2C(=O)COC(=O)c2ccc(Oc3ccccc3)cc2)C1. The molecule has 1 heterocycles. The first-order chi connectivity index (χ1) is 14.2. The van der Waals surface area contributed by atoms with Crippen molar-refractivity contribution in [2.45, 2.75) is 46.1 Å². The van der Waals surface area contributed by atoms with Gasteiger partial charge in [-0.15, -0.1) is 0 Å². The highest BCUT2D eigenvalue weighted by Crippen LogP contribution is 2.52. The van der Waals surface area contributed by atoms with Gasteiger partial charge < -0.3 is 14.4 Å². The minimum absolute atomic E-state index is 0.0983. The molecule has 2 aromatic rings. The molecule has 158 valence electrons. The summed E-state index contributed by atoms with van der Waals surface area (Å²) >= 11 is 0. The maximum atomic E-state index is 12.8. The molecule has 0 spiro atoms. The number of hydrogen-bond donors (Lipinski definition) is 0. The van der Waals surface area contributed by atoms with Gasteiger partial charge in [0.15, 0.2) is 6.61 Å². The minimum Gasteiger partial charge on any atom is -0.457 e. The van der Waals surface area contributed by atoms with E-state index in [0.29, 0.717) is 11.3 Å². The first-order valence-electron chi connectivity index (χ1n) is 10.5. The number of nitrogens with zero attached hydrogens (tertiary/aromatic N) is 1. The van der Waals surface area contributed by atoms with E-state index in [4.69, 9.17) is 9.47 Å². The topological polar surface area (TPSA) is 55.8 Å². The van der Waals surface area contributed by atoms with Crippen LogP contribution in [-0.4, -0.2) is 36.0 Å². The van der Waals surface area contributed by atoms with E-state index in [1.807, 2.05) is 35.2 Å². The summed E-state index contributed by atoms with van der Waals surface area (Å²) < 4.78 is 11.1. The van der Waals surface area contributed by atoms with Crippen LogP contribution in [0.4, 0.5) is 0 Å². The molecule has 1 saturated carbocycles. The van der Waals surface area contributed by atoms with E-state index in [0.717, 1.165) is 31.6 Å². The lowest BCUT2D eigenvalue weighted by Gasteiger charge is -2.39.